The topological polar surface area (TPSA) is 83.1 Å². The summed E-state index contributed by atoms with van der Waals surface area (Å²) in [6, 6.07) is 13.4. The number of anilines is 2. The summed E-state index contributed by atoms with van der Waals surface area (Å²) >= 11 is 0. The predicted molar refractivity (Wildman–Crippen MR) is 94.8 cm³/mol. The van der Waals surface area contributed by atoms with E-state index in [1.165, 1.54) is 0 Å². The Morgan fingerprint density at radius 1 is 0.958 bits per heavy atom. The van der Waals surface area contributed by atoms with Gasteiger partial charge >= 0.3 is 6.03 Å². The van der Waals surface area contributed by atoms with Crippen molar-refractivity contribution >= 4 is 23.4 Å². The molecule has 0 saturated carbocycles. The quantitative estimate of drug-likeness (QED) is 0.789. The highest BCUT2D eigenvalue weighted by Crippen LogP contribution is 2.09. The Balaban J connectivity index is 2.00. The Morgan fingerprint density at radius 2 is 1.67 bits per heavy atom. The number of nitrogens with one attached hydrogen (secondary N) is 3. The van der Waals surface area contributed by atoms with Crippen LogP contribution < -0.4 is 16.0 Å². The number of hydrogen-bond donors (Lipinski definition) is 3. The van der Waals surface area contributed by atoms with Crippen LogP contribution in [-0.4, -0.2) is 23.0 Å². The molecule has 0 aliphatic carbocycles. The van der Waals surface area contributed by atoms with Crippen LogP contribution in [0.25, 0.3) is 0 Å². The maximum Gasteiger partial charge on any atom is 0.319 e. The average molecular weight is 326 g/mol. The maximum atomic E-state index is 12.5. The van der Waals surface area contributed by atoms with E-state index in [-0.39, 0.29) is 11.8 Å². The SMILES string of the molecule is Cc1cccc(NC(=O)C(NC(=O)Nc2ccccc2)C(C)C)n1. The fourth-order valence-electron chi connectivity index (χ4n) is 2.18. The normalized spacial score (nSPS) is 11.7. The van der Waals surface area contributed by atoms with E-state index in [9.17, 15) is 9.59 Å². The van der Waals surface area contributed by atoms with Crippen LogP contribution in [0.4, 0.5) is 16.3 Å². The molecule has 0 aliphatic rings. The Kier molecular flexibility index (Phi) is 5.89. The van der Waals surface area contributed by atoms with Gasteiger partial charge in [0.1, 0.15) is 11.9 Å². The van der Waals surface area contributed by atoms with Crippen molar-refractivity contribution in [3.05, 3.63) is 54.2 Å². The molecule has 126 valence electrons. The van der Waals surface area contributed by atoms with Gasteiger partial charge in [-0.1, -0.05) is 38.1 Å². The van der Waals surface area contributed by atoms with Crippen molar-refractivity contribution in [2.75, 3.05) is 10.6 Å². The van der Waals surface area contributed by atoms with Gasteiger partial charge in [-0.25, -0.2) is 9.78 Å². The minimum Gasteiger partial charge on any atom is -0.326 e. The molecule has 24 heavy (non-hydrogen) atoms. The fraction of sp³-hybridized carbons (Fsp3) is 0.278. The summed E-state index contributed by atoms with van der Waals surface area (Å²) in [4.78, 5) is 28.8. The van der Waals surface area contributed by atoms with Crippen molar-refractivity contribution in [2.24, 2.45) is 5.92 Å². The maximum absolute atomic E-state index is 12.5. The van der Waals surface area contributed by atoms with Crippen LogP contribution in [0.15, 0.2) is 48.5 Å². The van der Waals surface area contributed by atoms with E-state index in [1.807, 2.05) is 51.1 Å². The molecular formula is C18H22N4O2. The summed E-state index contributed by atoms with van der Waals surface area (Å²) in [5.74, 6) is 0.0959. The number of nitrogens with zero attached hydrogens (tertiary/aromatic N) is 1. The van der Waals surface area contributed by atoms with Crippen LogP contribution in [-0.2, 0) is 4.79 Å². The molecule has 6 nitrogen and oxygen atoms in total. The predicted octanol–water partition coefficient (Wildman–Crippen LogP) is 3.17. The molecule has 0 radical (unpaired) electrons. The van der Waals surface area contributed by atoms with Gasteiger partial charge in [0.05, 0.1) is 0 Å². The molecular weight excluding hydrogens is 304 g/mol. The van der Waals surface area contributed by atoms with E-state index in [1.54, 1.807) is 18.2 Å². The molecule has 6 heteroatoms. The molecule has 2 rings (SSSR count). The van der Waals surface area contributed by atoms with Gasteiger partial charge in [0.15, 0.2) is 0 Å². The van der Waals surface area contributed by atoms with Crippen LogP contribution in [0.1, 0.15) is 19.5 Å². The van der Waals surface area contributed by atoms with Crippen molar-refractivity contribution in [2.45, 2.75) is 26.8 Å². The molecule has 0 aliphatic heterocycles. The van der Waals surface area contributed by atoms with Gasteiger partial charge < -0.3 is 16.0 Å². The zero-order valence-corrected chi connectivity index (χ0v) is 14.0. The molecule has 1 heterocycles. The van der Waals surface area contributed by atoms with Crippen LogP contribution in [0.5, 0.6) is 0 Å². The third-order valence-electron chi connectivity index (χ3n) is 3.41. The molecule has 1 aromatic carbocycles. The molecule has 0 fully saturated rings. The summed E-state index contributed by atoms with van der Waals surface area (Å²) in [6.45, 7) is 5.59. The zero-order valence-electron chi connectivity index (χ0n) is 14.0. The molecule has 3 amide bonds. The molecule has 0 bridgehead atoms. The lowest BCUT2D eigenvalue weighted by Crippen LogP contribution is -2.48. The van der Waals surface area contributed by atoms with E-state index in [2.05, 4.69) is 20.9 Å². The summed E-state index contributed by atoms with van der Waals surface area (Å²) in [5, 5.41) is 8.16. The van der Waals surface area contributed by atoms with Crippen molar-refractivity contribution in [1.29, 1.82) is 0 Å². The van der Waals surface area contributed by atoms with E-state index in [4.69, 9.17) is 0 Å². The van der Waals surface area contributed by atoms with Crippen LogP contribution in [0.2, 0.25) is 0 Å². The minimum atomic E-state index is -0.670. The van der Waals surface area contributed by atoms with E-state index < -0.39 is 12.1 Å². The lowest BCUT2D eigenvalue weighted by Gasteiger charge is -2.21. The first-order valence-electron chi connectivity index (χ1n) is 7.83. The second kappa shape index (κ2) is 8.10. The number of carbonyl (C=O) groups excluding carboxylic acids is 2. The lowest BCUT2D eigenvalue weighted by atomic mass is 10.0. The first-order valence-corrected chi connectivity index (χ1v) is 7.83. The second-order valence-corrected chi connectivity index (χ2v) is 5.84. The van der Waals surface area contributed by atoms with E-state index in [0.717, 1.165) is 5.69 Å². The van der Waals surface area contributed by atoms with Gasteiger partial charge in [-0.05, 0) is 37.1 Å². The standard InChI is InChI=1S/C18H22N4O2/c1-12(2)16(17(23)21-15-11-7-8-13(3)19-15)22-18(24)20-14-9-5-4-6-10-14/h4-12,16H,1-3H3,(H,19,21,23)(H2,20,22,24). The number of urea groups is 1. The number of carbonyl (C=O) groups is 2. The lowest BCUT2D eigenvalue weighted by molar-refractivity contribution is -0.118. The first-order chi connectivity index (χ1) is 11.5. The summed E-state index contributed by atoms with van der Waals surface area (Å²) < 4.78 is 0. The zero-order chi connectivity index (χ0) is 17.5. The van der Waals surface area contributed by atoms with Gasteiger partial charge in [0.2, 0.25) is 5.91 Å². The minimum absolute atomic E-state index is 0.0728. The van der Waals surface area contributed by atoms with Gasteiger partial charge in [-0.15, -0.1) is 0 Å². The number of aromatic nitrogens is 1. The molecule has 0 saturated heterocycles. The Bertz CT molecular complexity index is 701. The molecule has 3 N–H and O–H groups in total. The molecule has 1 unspecified atom stereocenters. The van der Waals surface area contributed by atoms with Crippen molar-refractivity contribution in [3.8, 4) is 0 Å². The van der Waals surface area contributed by atoms with E-state index in [0.29, 0.717) is 11.5 Å². The third-order valence-corrected chi connectivity index (χ3v) is 3.41. The van der Waals surface area contributed by atoms with Crippen LogP contribution in [0.3, 0.4) is 0 Å². The van der Waals surface area contributed by atoms with Crippen molar-refractivity contribution in [3.63, 3.8) is 0 Å². The number of hydrogen-bond acceptors (Lipinski definition) is 3. The van der Waals surface area contributed by atoms with Crippen LogP contribution in [0, 0.1) is 12.8 Å². The van der Waals surface area contributed by atoms with Crippen molar-refractivity contribution < 1.29 is 9.59 Å². The van der Waals surface area contributed by atoms with E-state index >= 15 is 0 Å². The highest BCUT2D eigenvalue weighted by Gasteiger charge is 2.24. The number of benzene rings is 1. The molecule has 0 spiro atoms. The second-order valence-electron chi connectivity index (χ2n) is 5.84. The summed E-state index contributed by atoms with van der Waals surface area (Å²) in [5.41, 5.74) is 1.47. The largest absolute Gasteiger partial charge is 0.326 e. The van der Waals surface area contributed by atoms with Gasteiger partial charge in [-0.2, -0.15) is 0 Å². The fourth-order valence-corrected chi connectivity index (χ4v) is 2.18. The highest BCUT2D eigenvalue weighted by atomic mass is 16.2. The molecule has 1 aromatic heterocycles. The average Bonchev–Trinajstić information content (AvgIpc) is 2.53. The first kappa shape index (κ1) is 17.5. The van der Waals surface area contributed by atoms with Gasteiger partial charge in [-0.3, -0.25) is 4.79 Å². The Hall–Kier alpha value is -2.89. The Morgan fingerprint density at radius 3 is 2.29 bits per heavy atom. The third kappa shape index (κ3) is 5.08. The number of aryl methyl sites for hydroxylation is 1. The van der Waals surface area contributed by atoms with Gasteiger partial charge in [0, 0.05) is 11.4 Å². The highest BCUT2D eigenvalue weighted by molar-refractivity contribution is 5.98. The van der Waals surface area contributed by atoms with Gasteiger partial charge in [0.25, 0.3) is 0 Å². The summed E-state index contributed by atoms with van der Waals surface area (Å²) in [7, 11) is 0. The molecule has 1 atom stereocenters. The molecule has 2 aromatic rings. The number of pyridine rings is 1. The smallest absolute Gasteiger partial charge is 0.319 e. The Labute approximate surface area is 141 Å². The number of amides is 3. The summed E-state index contributed by atoms with van der Waals surface area (Å²) in [6.07, 6.45) is 0. The number of para-hydroxylation sites is 1. The monoisotopic (exact) mass is 326 g/mol. The van der Waals surface area contributed by atoms with Crippen molar-refractivity contribution in [1.82, 2.24) is 10.3 Å². The van der Waals surface area contributed by atoms with Crippen LogP contribution >= 0.6 is 0 Å². The number of rotatable bonds is 5.